The van der Waals surface area contributed by atoms with E-state index in [2.05, 4.69) is 11.8 Å². The van der Waals surface area contributed by atoms with Crippen molar-refractivity contribution in [1.82, 2.24) is 0 Å². The lowest BCUT2D eigenvalue weighted by molar-refractivity contribution is 0.282. The summed E-state index contributed by atoms with van der Waals surface area (Å²) in [5.41, 5.74) is 2.00. The van der Waals surface area contributed by atoms with Crippen molar-refractivity contribution in [3.05, 3.63) is 28.8 Å². The smallest absolute Gasteiger partial charge is 0.0682 e. The lowest BCUT2D eigenvalue weighted by Crippen LogP contribution is -2.24. The van der Waals surface area contributed by atoms with Gasteiger partial charge in [0.15, 0.2) is 0 Å². The monoisotopic (exact) mass is 281 g/mol. The Kier molecular flexibility index (Phi) is 5.53. The van der Waals surface area contributed by atoms with Gasteiger partial charge in [0.25, 0.3) is 0 Å². The van der Waals surface area contributed by atoms with E-state index in [1.54, 1.807) is 0 Å². The third-order valence-electron chi connectivity index (χ3n) is 4.08. The highest BCUT2D eigenvalue weighted by Gasteiger charge is 2.18. The van der Waals surface area contributed by atoms with Gasteiger partial charge in [-0.25, -0.2) is 0 Å². The Morgan fingerprint density at radius 1 is 1.32 bits per heavy atom. The van der Waals surface area contributed by atoms with Gasteiger partial charge in [-0.05, 0) is 42.9 Å². The fourth-order valence-corrected chi connectivity index (χ4v) is 3.33. The van der Waals surface area contributed by atoms with E-state index in [-0.39, 0.29) is 6.61 Å². The van der Waals surface area contributed by atoms with E-state index in [1.807, 2.05) is 18.2 Å². The molecule has 1 N–H and O–H groups in total. The maximum atomic E-state index is 9.13. The molecular weight excluding hydrogens is 258 g/mol. The normalized spacial score (nSPS) is 20.4. The Labute approximate surface area is 121 Å². The zero-order valence-electron chi connectivity index (χ0n) is 11.7. The highest BCUT2D eigenvalue weighted by Crippen LogP contribution is 2.31. The van der Waals surface area contributed by atoms with Crippen LogP contribution in [-0.4, -0.2) is 18.2 Å². The van der Waals surface area contributed by atoms with Gasteiger partial charge >= 0.3 is 0 Å². The van der Waals surface area contributed by atoms with Gasteiger partial charge in [0.2, 0.25) is 0 Å². The summed E-state index contributed by atoms with van der Waals surface area (Å²) in [5.74, 6) is 0.880. The minimum Gasteiger partial charge on any atom is -0.392 e. The first kappa shape index (κ1) is 14.7. The lowest BCUT2D eigenvalue weighted by atomic mass is 9.96. The molecule has 106 valence electrons. The molecule has 0 aliphatic carbocycles. The molecule has 1 unspecified atom stereocenters. The van der Waals surface area contributed by atoms with Crippen molar-refractivity contribution in [3.63, 3.8) is 0 Å². The van der Waals surface area contributed by atoms with Crippen LogP contribution in [0.25, 0.3) is 0 Å². The molecule has 0 aromatic heterocycles. The highest BCUT2D eigenvalue weighted by atomic mass is 35.5. The Morgan fingerprint density at radius 2 is 2.16 bits per heavy atom. The van der Waals surface area contributed by atoms with Crippen LogP contribution < -0.4 is 4.90 Å². The van der Waals surface area contributed by atoms with Crippen molar-refractivity contribution in [1.29, 1.82) is 0 Å². The van der Waals surface area contributed by atoms with Crippen LogP contribution in [-0.2, 0) is 6.61 Å². The summed E-state index contributed by atoms with van der Waals surface area (Å²) < 4.78 is 0. The van der Waals surface area contributed by atoms with Crippen LogP contribution in [0.1, 0.15) is 44.6 Å². The van der Waals surface area contributed by atoms with Gasteiger partial charge in [-0.1, -0.05) is 37.4 Å². The van der Waals surface area contributed by atoms with E-state index in [0.717, 1.165) is 35.3 Å². The summed E-state index contributed by atoms with van der Waals surface area (Å²) in [4.78, 5) is 2.40. The maximum absolute atomic E-state index is 9.13. The molecule has 1 saturated heterocycles. The summed E-state index contributed by atoms with van der Waals surface area (Å²) in [6.45, 7) is 4.52. The predicted molar refractivity (Wildman–Crippen MR) is 81.8 cm³/mol. The van der Waals surface area contributed by atoms with E-state index < -0.39 is 0 Å². The van der Waals surface area contributed by atoms with Crippen molar-refractivity contribution in [2.75, 3.05) is 18.0 Å². The molecule has 0 bridgehead atoms. The summed E-state index contributed by atoms with van der Waals surface area (Å²) in [6.07, 6.45) is 6.51. The molecule has 1 aromatic rings. The van der Waals surface area contributed by atoms with Crippen LogP contribution in [0, 0.1) is 5.92 Å². The first-order chi connectivity index (χ1) is 9.24. The molecule has 1 heterocycles. The van der Waals surface area contributed by atoms with Gasteiger partial charge in [-0.15, -0.1) is 0 Å². The highest BCUT2D eigenvalue weighted by molar-refractivity contribution is 6.33. The molecule has 3 heteroatoms. The van der Waals surface area contributed by atoms with E-state index >= 15 is 0 Å². The van der Waals surface area contributed by atoms with Crippen LogP contribution >= 0.6 is 11.6 Å². The van der Waals surface area contributed by atoms with Gasteiger partial charge in [0.1, 0.15) is 0 Å². The number of hydrogen-bond donors (Lipinski definition) is 1. The van der Waals surface area contributed by atoms with Gasteiger partial charge < -0.3 is 10.0 Å². The summed E-state index contributed by atoms with van der Waals surface area (Å²) >= 11 is 6.34. The number of halogens is 1. The standard InChI is InChI=1S/C16H24ClNO/c1-2-4-13-5-3-9-18(10-8-13)16-7-6-14(12-19)11-15(16)17/h6-7,11,13,19H,2-5,8-10,12H2,1H3. The second kappa shape index (κ2) is 7.16. The van der Waals surface area contributed by atoms with Crippen LogP contribution in [0.4, 0.5) is 5.69 Å². The molecule has 2 rings (SSSR count). The average molecular weight is 282 g/mol. The van der Waals surface area contributed by atoms with E-state index in [4.69, 9.17) is 16.7 Å². The van der Waals surface area contributed by atoms with Crippen molar-refractivity contribution in [3.8, 4) is 0 Å². The number of benzene rings is 1. The topological polar surface area (TPSA) is 23.5 Å². The van der Waals surface area contributed by atoms with Crippen LogP contribution in [0.5, 0.6) is 0 Å². The third kappa shape index (κ3) is 3.87. The Balaban J connectivity index is 2.05. The zero-order chi connectivity index (χ0) is 13.7. The van der Waals surface area contributed by atoms with E-state index in [9.17, 15) is 0 Å². The largest absolute Gasteiger partial charge is 0.392 e. The van der Waals surface area contributed by atoms with Gasteiger partial charge in [0, 0.05) is 13.1 Å². The average Bonchev–Trinajstić information content (AvgIpc) is 2.65. The van der Waals surface area contributed by atoms with Gasteiger partial charge in [0.05, 0.1) is 17.3 Å². The van der Waals surface area contributed by atoms with Crippen molar-refractivity contribution < 1.29 is 5.11 Å². The molecule has 1 atom stereocenters. The van der Waals surface area contributed by atoms with E-state index in [1.165, 1.54) is 32.1 Å². The predicted octanol–water partition coefficient (Wildman–Crippen LogP) is 4.24. The van der Waals surface area contributed by atoms with Gasteiger partial charge in [-0.2, -0.15) is 0 Å². The minimum atomic E-state index is 0.0541. The Bertz CT molecular complexity index is 408. The number of nitrogens with zero attached hydrogens (tertiary/aromatic N) is 1. The number of aliphatic hydroxyl groups excluding tert-OH is 1. The molecule has 2 nitrogen and oxygen atoms in total. The summed E-state index contributed by atoms with van der Waals surface area (Å²) in [7, 11) is 0. The summed E-state index contributed by atoms with van der Waals surface area (Å²) in [5, 5.41) is 9.89. The SMILES string of the molecule is CCCC1CCCN(c2ccc(CO)cc2Cl)CC1. The number of anilines is 1. The van der Waals surface area contributed by atoms with Crippen molar-refractivity contribution in [2.24, 2.45) is 5.92 Å². The third-order valence-corrected chi connectivity index (χ3v) is 4.38. The molecule has 1 aliphatic rings. The zero-order valence-corrected chi connectivity index (χ0v) is 12.5. The lowest BCUT2D eigenvalue weighted by Gasteiger charge is -2.24. The van der Waals surface area contributed by atoms with Gasteiger partial charge in [-0.3, -0.25) is 0 Å². The van der Waals surface area contributed by atoms with Crippen LogP contribution in [0.2, 0.25) is 5.02 Å². The molecular formula is C16H24ClNO. The number of hydrogen-bond acceptors (Lipinski definition) is 2. The number of aliphatic hydroxyl groups is 1. The van der Waals surface area contributed by atoms with Crippen molar-refractivity contribution >= 4 is 17.3 Å². The van der Waals surface area contributed by atoms with Crippen LogP contribution in [0.3, 0.4) is 0 Å². The second-order valence-electron chi connectivity index (χ2n) is 5.52. The number of rotatable bonds is 4. The summed E-state index contributed by atoms with van der Waals surface area (Å²) in [6, 6.07) is 5.90. The fraction of sp³-hybridized carbons (Fsp3) is 0.625. The molecule has 1 aliphatic heterocycles. The van der Waals surface area contributed by atoms with Crippen LogP contribution in [0.15, 0.2) is 18.2 Å². The minimum absolute atomic E-state index is 0.0541. The molecule has 19 heavy (non-hydrogen) atoms. The first-order valence-corrected chi connectivity index (χ1v) is 7.76. The first-order valence-electron chi connectivity index (χ1n) is 7.38. The molecule has 1 fully saturated rings. The maximum Gasteiger partial charge on any atom is 0.0682 e. The Hall–Kier alpha value is -0.730. The quantitative estimate of drug-likeness (QED) is 0.892. The van der Waals surface area contributed by atoms with E-state index in [0.29, 0.717) is 0 Å². The fourth-order valence-electron chi connectivity index (χ4n) is 3.01. The molecule has 0 spiro atoms. The molecule has 0 amide bonds. The molecule has 0 radical (unpaired) electrons. The van der Waals surface area contributed by atoms with Crippen molar-refractivity contribution in [2.45, 2.75) is 45.6 Å². The molecule has 1 aromatic carbocycles. The second-order valence-corrected chi connectivity index (χ2v) is 5.92. The molecule has 0 saturated carbocycles. The Morgan fingerprint density at radius 3 is 2.84 bits per heavy atom.